The minimum absolute atomic E-state index is 0.0200. The number of aromatic amines is 1. The van der Waals surface area contributed by atoms with Gasteiger partial charge in [0.15, 0.2) is 0 Å². The lowest BCUT2D eigenvalue weighted by molar-refractivity contribution is -0.125. The van der Waals surface area contributed by atoms with Gasteiger partial charge in [0.25, 0.3) is 0 Å². The van der Waals surface area contributed by atoms with E-state index in [1.807, 2.05) is 31.2 Å². The molecule has 1 aliphatic heterocycles. The van der Waals surface area contributed by atoms with Gasteiger partial charge in [0.05, 0.1) is 29.6 Å². The van der Waals surface area contributed by atoms with Crippen LogP contribution in [-0.4, -0.2) is 29.1 Å². The van der Waals surface area contributed by atoms with Crippen molar-refractivity contribution in [3.8, 4) is 0 Å². The zero-order valence-corrected chi connectivity index (χ0v) is 11.6. The van der Waals surface area contributed by atoms with E-state index < -0.39 is 0 Å². The number of para-hydroxylation sites is 2. The lowest BCUT2D eigenvalue weighted by Crippen LogP contribution is -2.34. The van der Waals surface area contributed by atoms with Crippen LogP contribution in [0.15, 0.2) is 24.3 Å². The Kier molecular flexibility index (Phi) is 3.69. The van der Waals surface area contributed by atoms with E-state index in [-0.39, 0.29) is 17.9 Å². The van der Waals surface area contributed by atoms with Gasteiger partial charge in [-0.25, -0.2) is 4.98 Å². The number of nitrogens with one attached hydrogen (secondary N) is 2. The standard InChI is InChI=1S/C15H19N3O2/c1-2-11(18-15(19)10-7-8-20-9-10)14-16-12-5-3-4-6-13(12)17-14/h3-6,10-11H,2,7-9H2,1H3,(H,16,17)(H,18,19)/t10-,11+/m1/s1. The average Bonchev–Trinajstić information content (AvgIpc) is 3.12. The largest absolute Gasteiger partial charge is 0.381 e. The minimum Gasteiger partial charge on any atom is -0.381 e. The van der Waals surface area contributed by atoms with E-state index >= 15 is 0 Å². The van der Waals surface area contributed by atoms with Crippen LogP contribution in [0.4, 0.5) is 0 Å². The Morgan fingerprint density at radius 1 is 1.55 bits per heavy atom. The van der Waals surface area contributed by atoms with E-state index in [4.69, 9.17) is 4.74 Å². The van der Waals surface area contributed by atoms with Crippen molar-refractivity contribution in [1.82, 2.24) is 15.3 Å². The van der Waals surface area contributed by atoms with E-state index in [9.17, 15) is 4.79 Å². The van der Waals surface area contributed by atoms with Gasteiger partial charge >= 0.3 is 0 Å². The summed E-state index contributed by atoms with van der Waals surface area (Å²) in [6.07, 6.45) is 1.61. The second-order valence-electron chi connectivity index (χ2n) is 5.17. The number of amides is 1. The molecule has 2 heterocycles. The SMILES string of the molecule is CC[C@H](NC(=O)[C@@H]1CCOC1)c1nc2ccccc2[nH]1. The number of fused-ring (bicyclic) bond motifs is 1. The van der Waals surface area contributed by atoms with Crippen LogP contribution >= 0.6 is 0 Å². The number of benzene rings is 1. The molecular formula is C15H19N3O2. The maximum absolute atomic E-state index is 12.2. The molecule has 0 unspecified atom stereocenters. The number of nitrogens with zero attached hydrogens (tertiary/aromatic N) is 1. The van der Waals surface area contributed by atoms with E-state index in [1.165, 1.54) is 0 Å². The Morgan fingerprint density at radius 3 is 3.10 bits per heavy atom. The molecule has 1 amide bonds. The van der Waals surface area contributed by atoms with Crippen molar-refractivity contribution in [3.05, 3.63) is 30.1 Å². The first-order valence-corrected chi connectivity index (χ1v) is 7.10. The smallest absolute Gasteiger partial charge is 0.226 e. The summed E-state index contributed by atoms with van der Waals surface area (Å²) in [6.45, 7) is 3.26. The minimum atomic E-state index is -0.0736. The first-order chi connectivity index (χ1) is 9.78. The van der Waals surface area contributed by atoms with Gasteiger partial charge in [-0.1, -0.05) is 19.1 Å². The van der Waals surface area contributed by atoms with Gasteiger partial charge in [-0.3, -0.25) is 4.79 Å². The molecule has 1 aliphatic rings. The normalized spacial score (nSPS) is 20.1. The number of carbonyl (C=O) groups excluding carboxylic acids is 1. The van der Waals surface area contributed by atoms with Gasteiger partial charge in [0, 0.05) is 6.61 Å². The molecule has 0 radical (unpaired) electrons. The highest BCUT2D eigenvalue weighted by atomic mass is 16.5. The van der Waals surface area contributed by atoms with Crippen molar-refractivity contribution in [2.45, 2.75) is 25.8 Å². The van der Waals surface area contributed by atoms with Gasteiger partial charge < -0.3 is 15.0 Å². The van der Waals surface area contributed by atoms with Gasteiger partial charge in [-0.05, 0) is 25.0 Å². The zero-order valence-electron chi connectivity index (χ0n) is 11.6. The van der Waals surface area contributed by atoms with Crippen molar-refractivity contribution in [1.29, 1.82) is 0 Å². The number of hydrogen-bond acceptors (Lipinski definition) is 3. The third-order valence-corrected chi connectivity index (χ3v) is 3.76. The Bertz CT molecular complexity index is 569. The van der Waals surface area contributed by atoms with Crippen molar-refractivity contribution < 1.29 is 9.53 Å². The molecule has 2 atom stereocenters. The maximum atomic E-state index is 12.2. The van der Waals surface area contributed by atoms with Gasteiger partial charge in [0.2, 0.25) is 5.91 Å². The molecule has 1 fully saturated rings. The van der Waals surface area contributed by atoms with E-state index in [2.05, 4.69) is 15.3 Å². The van der Waals surface area contributed by atoms with Crippen molar-refractivity contribution >= 4 is 16.9 Å². The van der Waals surface area contributed by atoms with Crippen LogP contribution in [0.3, 0.4) is 0 Å². The maximum Gasteiger partial charge on any atom is 0.226 e. The summed E-state index contributed by atoms with van der Waals surface area (Å²) >= 11 is 0. The summed E-state index contributed by atoms with van der Waals surface area (Å²) in [4.78, 5) is 20.0. The van der Waals surface area contributed by atoms with Crippen LogP contribution in [-0.2, 0) is 9.53 Å². The van der Waals surface area contributed by atoms with Crippen molar-refractivity contribution in [2.75, 3.05) is 13.2 Å². The number of aromatic nitrogens is 2. The van der Waals surface area contributed by atoms with Crippen molar-refractivity contribution in [3.63, 3.8) is 0 Å². The monoisotopic (exact) mass is 273 g/mol. The Labute approximate surface area is 117 Å². The van der Waals surface area contributed by atoms with Gasteiger partial charge in [-0.15, -0.1) is 0 Å². The first kappa shape index (κ1) is 13.1. The summed E-state index contributed by atoms with van der Waals surface area (Å²) in [7, 11) is 0. The fourth-order valence-corrected chi connectivity index (χ4v) is 2.53. The molecule has 0 saturated carbocycles. The predicted molar refractivity (Wildman–Crippen MR) is 76.2 cm³/mol. The van der Waals surface area contributed by atoms with Crippen LogP contribution in [0, 0.1) is 5.92 Å². The summed E-state index contributed by atoms with van der Waals surface area (Å²) in [5, 5.41) is 3.07. The van der Waals surface area contributed by atoms with Gasteiger partial charge in [0.1, 0.15) is 5.82 Å². The molecule has 2 aromatic rings. The Hall–Kier alpha value is -1.88. The quantitative estimate of drug-likeness (QED) is 0.897. The number of carbonyl (C=O) groups is 1. The van der Waals surface area contributed by atoms with Gasteiger partial charge in [-0.2, -0.15) is 0 Å². The number of imidazole rings is 1. The molecule has 20 heavy (non-hydrogen) atoms. The summed E-state index contributed by atoms with van der Waals surface area (Å²) in [5.74, 6) is 0.865. The van der Waals surface area contributed by atoms with Crippen LogP contribution in [0.25, 0.3) is 11.0 Å². The summed E-state index contributed by atoms with van der Waals surface area (Å²) < 4.78 is 5.26. The topological polar surface area (TPSA) is 67.0 Å². The van der Waals surface area contributed by atoms with Crippen LogP contribution < -0.4 is 5.32 Å². The highest BCUT2D eigenvalue weighted by Gasteiger charge is 2.26. The third-order valence-electron chi connectivity index (χ3n) is 3.76. The molecule has 0 spiro atoms. The molecule has 5 nitrogen and oxygen atoms in total. The molecule has 106 valence electrons. The zero-order chi connectivity index (χ0) is 13.9. The molecule has 0 bridgehead atoms. The molecule has 1 aromatic carbocycles. The highest BCUT2D eigenvalue weighted by Crippen LogP contribution is 2.20. The van der Waals surface area contributed by atoms with Crippen LogP contribution in [0.5, 0.6) is 0 Å². The highest BCUT2D eigenvalue weighted by molar-refractivity contribution is 5.80. The lowest BCUT2D eigenvalue weighted by Gasteiger charge is -2.17. The Balaban J connectivity index is 1.76. The number of rotatable bonds is 4. The fourth-order valence-electron chi connectivity index (χ4n) is 2.53. The molecule has 0 aliphatic carbocycles. The summed E-state index contributed by atoms with van der Waals surface area (Å²) in [6, 6.07) is 7.82. The molecule has 1 aromatic heterocycles. The van der Waals surface area contributed by atoms with E-state index in [0.717, 1.165) is 29.7 Å². The number of ether oxygens (including phenoxy) is 1. The first-order valence-electron chi connectivity index (χ1n) is 7.10. The van der Waals surface area contributed by atoms with Crippen LogP contribution in [0.1, 0.15) is 31.6 Å². The molecule has 2 N–H and O–H groups in total. The van der Waals surface area contributed by atoms with E-state index in [1.54, 1.807) is 0 Å². The average molecular weight is 273 g/mol. The number of hydrogen-bond donors (Lipinski definition) is 2. The fraction of sp³-hybridized carbons (Fsp3) is 0.467. The second-order valence-corrected chi connectivity index (χ2v) is 5.17. The molecule has 5 heteroatoms. The van der Waals surface area contributed by atoms with E-state index in [0.29, 0.717) is 13.2 Å². The third kappa shape index (κ3) is 2.54. The molecule has 1 saturated heterocycles. The predicted octanol–water partition coefficient (Wildman–Crippen LogP) is 2.17. The van der Waals surface area contributed by atoms with Crippen LogP contribution in [0.2, 0.25) is 0 Å². The lowest BCUT2D eigenvalue weighted by atomic mass is 10.1. The Morgan fingerprint density at radius 2 is 2.40 bits per heavy atom. The molecular weight excluding hydrogens is 254 g/mol. The number of H-pyrrole nitrogens is 1. The molecule has 3 rings (SSSR count). The second kappa shape index (κ2) is 5.63. The summed E-state index contributed by atoms with van der Waals surface area (Å²) in [5.41, 5.74) is 1.93. The van der Waals surface area contributed by atoms with Crippen molar-refractivity contribution in [2.24, 2.45) is 5.92 Å².